The van der Waals surface area contributed by atoms with Crippen LogP contribution in [0, 0.1) is 0 Å². The van der Waals surface area contributed by atoms with Crippen molar-refractivity contribution in [3.63, 3.8) is 0 Å². The second-order valence-electron chi connectivity index (χ2n) is 4.63. The number of ether oxygens (including phenoxy) is 1. The summed E-state index contributed by atoms with van der Waals surface area (Å²) >= 11 is 1.49. The zero-order valence-corrected chi connectivity index (χ0v) is 13.3. The SMILES string of the molecule is C=C=Nc1sc(C(=P)NC2CCOCC2)nc1C(=C)C. The molecule has 20 heavy (non-hydrogen) atoms. The molecule has 1 aliphatic heterocycles. The van der Waals surface area contributed by atoms with Gasteiger partial charge >= 0.3 is 0 Å². The first-order valence-corrected chi connectivity index (χ1v) is 7.76. The Kier molecular flexibility index (Phi) is 5.41. The first kappa shape index (κ1) is 15.3. The lowest BCUT2D eigenvalue weighted by molar-refractivity contribution is 0.0826. The number of hydrogen-bond donors (Lipinski definition) is 1. The van der Waals surface area contributed by atoms with E-state index in [4.69, 9.17) is 4.74 Å². The number of thiazole rings is 1. The highest BCUT2D eigenvalue weighted by Crippen LogP contribution is 2.32. The molecule has 1 aromatic rings. The zero-order valence-electron chi connectivity index (χ0n) is 11.5. The molecule has 6 heteroatoms. The maximum atomic E-state index is 5.35. The van der Waals surface area contributed by atoms with Gasteiger partial charge in [-0.15, -0.1) is 0 Å². The van der Waals surface area contributed by atoms with E-state index in [1.807, 2.05) is 6.92 Å². The zero-order chi connectivity index (χ0) is 14.5. The van der Waals surface area contributed by atoms with Crippen LogP contribution in [0.15, 0.2) is 18.2 Å². The third kappa shape index (κ3) is 3.72. The van der Waals surface area contributed by atoms with Crippen molar-refractivity contribution in [2.24, 2.45) is 4.99 Å². The van der Waals surface area contributed by atoms with Crippen LogP contribution in [0.2, 0.25) is 0 Å². The Labute approximate surface area is 125 Å². The van der Waals surface area contributed by atoms with E-state index in [2.05, 4.69) is 43.2 Å². The molecule has 0 atom stereocenters. The lowest BCUT2D eigenvalue weighted by Gasteiger charge is -2.23. The van der Waals surface area contributed by atoms with Gasteiger partial charge in [0.1, 0.15) is 10.7 Å². The summed E-state index contributed by atoms with van der Waals surface area (Å²) in [5, 5.41) is 5.09. The number of allylic oxidation sites excluding steroid dienone is 1. The molecule has 0 radical (unpaired) electrons. The van der Waals surface area contributed by atoms with Crippen LogP contribution in [0.1, 0.15) is 30.5 Å². The molecule has 0 unspecified atom stereocenters. The lowest BCUT2D eigenvalue weighted by atomic mass is 10.1. The Morgan fingerprint density at radius 3 is 2.85 bits per heavy atom. The van der Waals surface area contributed by atoms with E-state index in [9.17, 15) is 0 Å². The Morgan fingerprint density at radius 2 is 2.25 bits per heavy atom. The summed E-state index contributed by atoms with van der Waals surface area (Å²) in [6, 6.07) is 0.416. The van der Waals surface area contributed by atoms with Crippen LogP contribution < -0.4 is 5.32 Å². The molecule has 106 valence electrons. The normalized spacial score (nSPS) is 15.7. The van der Waals surface area contributed by atoms with Crippen LogP contribution >= 0.6 is 20.2 Å². The fraction of sp³-hybridized carbons (Fsp3) is 0.429. The highest BCUT2D eigenvalue weighted by molar-refractivity contribution is 7.27. The summed E-state index contributed by atoms with van der Waals surface area (Å²) < 4.78 is 5.35. The van der Waals surface area contributed by atoms with Crippen LogP contribution in [0.4, 0.5) is 5.00 Å². The molecule has 0 aliphatic carbocycles. The molecule has 0 bridgehead atoms. The topological polar surface area (TPSA) is 46.5 Å². The van der Waals surface area contributed by atoms with Gasteiger partial charge in [0.05, 0.1) is 5.42 Å². The molecule has 2 heterocycles. The maximum Gasteiger partial charge on any atom is 0.154 e. The molecule has 2 rings (SSSR count). The summed E-state index contributed by atoms with van der Waals surface area (Å²) in [7, 11) is 3.63. The molecule has 0 spiro atoms. The molecule has 4 nitrogen and oxygen atoms in total. The highest BCUT2D eigenvalue weighted by Gasteiger charge is 2.18. The van der Waals surface area contributed by atoms with Crippen molar-refractivity contribution in [3.05, 3.63) is 23.9 Å². The van der Waals surface area contributed by atoms with Crippen molar-refractivity contribution in [2.45, 2.75) is 25.8 Å². The second-order valence-corrected chi connectivity index (χ2v) is 6.11. The van der Waals surface area contributed by atoms with E-state index in [0.717, 1.165) is 52.7 Å². The first-order chi connectivity index (χ1) is 9.61. The summed E-state index contributed by atoms with van der Waals surface area (Å²) in [6.07, 6.45) is 2.01. The molecule has 0 saturated carbocycles. The number of nitrogens with zero attached hydrogens (tertiary/aromatic N) is 2. The van der Waals surface area contributed by atoms with Gasteiger partial charge in [0.25, 0.3) is 0 Å². The molecule has 0 amide bonds. The third-order valence-corrected chi connectivity index (χ3v) is 4.51. The van der Waals surface area contributed by atoms with E-state index >= 15 is 0 Å². The fourth-order valence-corrected chi connectivity index (χ4v) is 3.27. The van der Waals surface area contributed by atoms with Crippen LogP contribution in [-0.2, 0) is 4.74 Å². The van der Waals surface area contributed by atoms with E-state index < -0.39 is 0 Å². The van der Waals surface area contributed by atoms with E-state index in [-0.39, 0.29) is 0 Å². The monoisotopic (exact) mass is 307 g/mol. The quantitative estimate of drug-likeness (QED) is 0.672. The Bertz CT molecular complexity index is 549. The van der Waals surface area contributed by atoms with E-state index in [1.165, 1.54) is 11.3 Å². The van der Waals surface area contributed by atoms with Crippen LogP contribution in [0.25, 0.3) is 5.57 Å². The predicted molar refractivity (Wildman–Crippen MR) is 88.9 cm³/mol. The maximum absolute atomic E-state index is 5.35. The minimum Gasteiger partial charge on any atom is -0.381 e. The molecular weight excluding hydrogens is 289 g/mol. The van der Waals surface area contributed by atoms with Crippen LogP contribution in [0.5, 0.6) is 0 Å². The number of nitrogens with one attached hydrogen (secondary N) is 1. The van der Waals surface area contributed by atoms with Crippen molar-refractivity contribution >= 4 is 42.1 Å². The average molecular weight is 307 g/mol. The number of hydrogen-bond acceptors (Lipinski definition) is 4. The molecular formula is C14H18N3OPS. The number of rotatable bonds is 5. The number of aromatic nitrogens is 1. The standard InChI is InChI=1S/C14H18N3OPS/c1-4-15-13-11(9(2)3)17-14(20-13)12(19)16-10-5-7-18-8-6-10/h10,16,19H,1-2,5-8H2,3H3. The molecule has 0 aromatic carbocycles. The first-order valence-electron chi connectivity index (χ1n) is 6.44. The summed E-state index contributed by atoms with van der Waals surface area (Å²) in [6.45, 7) is 11.0. The van der Waals surface area contributed by atoms with Crippen molar-refractivity contribution < 1.29 is 4.74 Å². The van der Waals surface area contributed by atoms with Gasteiger partial charge in [-0.2, -0.15) is 4.99 Å². The Hall–Kier alpha value is -1.09. The predicted octanol–water partition coefficient (Wildman–Crippen LogP) is 3.05. The average Bonchev–Trinajstić information content (AvgIpc) is 2.85. The summed E-state index contributed by atoms with van der Waals surface area (Å²) in [5.74, 6) is 2.56. The number of aliphatic imine (C=N–C) groups is 1. The minimum atomic E-state index is 0.416. The molecule has 1 N–H and O–H groups in total. The molecule has 1 aliphatic rings. The van der Waals surface area contributed by atoms with Gasteiger partial charge in [0.2, 0.25) is 0 Å². The fourth-order valence-electron chi connectivity index (χ4n) is 1.95. The van der Waals surface area contributed by atoms with E-state index in [1.54, 1.807) is 0 Å². The van der Waals surface area contributed by atoms with Crippen molar-refractivity contribution in [1.82, 2.24) is 10.3 Å². The van der Waals surface area contributed by atoms with Gasteiger partial charge in [0, 0.05) is 19.3 Å². The van der Waals surface area contributed by atoms with Crippen molar-refractivity contribution in [3.8, 4) is 0 Å². The highest BCUT2D eigenvalue weighted by atomic mass is 32.1. The molecule has 1 saturated heterocycles. The second kappa shape index (κ2) is 7.07. The molecule has 1 aromatic heterocycles. The van der Waals surface area contributed by atoms with Gasteiger partial charge in [-0.1, -0.05) is 26.8 Å². The van der Waals surface area contributed by atoms with Gasteiger partial charge in [-0.05, 0) is 37.8 Å². The van der Waals surface area contributed by atoms with Crippen molar-refractivity contribution in [1.29, 1.82) is 0 Å². The van der Waals surface area contributed by atoms with E-state index in [0.29, 0.717) is 6.04 Å². The van der Waals surface area contributed by atoms with Gasteiger partial charge in [-0.3, -0.25) is 5.32 Å². The lowest BCUT2D eigenvalue weighted by Crippen LogP contribution is -2.38. The van der Waals surface area contributed by atoms with Crippen molar-refractivity contribution in [2.75, 3.05) is 13.2 Å². The summed E-state index contributed by atoms with van der Waals surface area (Å²) in [4.78, 5) is 8.70. The third-order valence-electron chi connectivity index (χ3n) is 2.98. The van der Waals surface area contributed by atoms with Crippen LogP contribution in [-0.4, -0.2) is 35.5 Å². The largest absolute Gasteiger partial charge is 0.381 e. The minimum absolute atomic E-state index is 0.416. The Morgan fingerprint density at radius 1 is 1.55 bits per heavy atom. The van der Waals surface area contributed by atoms with Gasteiger partial charge < -0.3 is 4.74 Å². The van der Waals surface area contributed by atoms with Gasteiger partial charge in [-0.25, -0.2) is 4.98 Å². The Balaban J connectivity index is 2.15. The van der Waals surface area contributed by atoms with Crippen LogP contribution in [0.3, 0.4) is 0 Å². The smallest absolute Gasteiger partial charge is 0.154 e. The van der Waals surface area contributed by atoms with Gasteiger partial charge in [0.15, 0.2) is 5.00 Å². The summed E-state index contributed by atoms with van der Waals surface area (Å²) in [5.41, 5.74) is 2.56. The molecule has 1 fully saturated rings.